The van der Waals surface area contributed by atoms with Crippen molar-refractivity contribution in [2.75, 3.05) is 50.8 Å². The predicted octanol–water partition coefficient (Wildman–Crippen LogP) is -4.04. The lowest BCUT2D eigenvalue weighted by atomic mass is 10.1. The van der Waals surface area contributed by atoms with Gasteiger partial charge < -0.3 is 58.9 Å². The van der Waals surface area contributed by atoms with Gasteiger partial charge in [-0.25, -0.2) is 0 Å². The zero-order valence-corrected chi connectivity index (χ0v) is 28.2. The van der Waals surface area contributed by atoms with Gasteiger partial charge in [-0.2, -0.15) is 0 Å². The topological polar surface area (TPSA) is 313 Å². The minimum absolute atomic E-state index is 0.0556. The fraction of sp³-hybridized carbons (Fsp3) is 0.704. The molecule has 21 heteroatoms. The molecule has 272 valence electrons. The van der Waals surface area contributed by atoms with Crippen LogP contribution in [0, 0.1) is 0 Å². The van der Waals surface area contributed by atoms with Crippen molar-refractivity contribution < 1.29 is 48.6 Å². The van der Waals surface area contributed by atoms with Crippen LogP contribution in [0.25, 0.3) is 0 Å². The first-order valence-corrected chi connectivity index (χ1v) is 17.9. The van der Waals surface area contributed by atoms with Crippen molar-refractivity contribution in [2.45, 2.75) is 69.1 Å². The maximum Gasteiger partial charge on any atom is 0.320 e. The zero-order valence-electron chi connectivity index (χ0n) is 26.5. The van der Waals surface area contributed by atoms with E-state index in [1.165, 1.54) is 0 Å². The molecule has 6 amide bonds. The molecule has 1 fully saturated rings. The summed E-state index contributed by atoms with van der Waals surface area (Å²) in [5, 5.41) is 36.5. The molecule has 0 aliphatic carbocycles. The standard InChI is InChI=1S/C27H47N9O10S2/c28-16(26(43)44)4-6-20(37)35-18-14-47-48-15-19(36-21(38)7-5-17(29)27(45)46)25(42)34-13-23(40)32-11-3-9-30-8-1-2-10-31-22(39)12-33-24(18)41/h16-19,30H,1-15,28-29H2,(H,31,39)(H,32,40)(H,33,41)(H,34,42)(H,35,37)(H,36,38)(H,43,44)(H,45,46)/t16-,17-,18-,19-/m0/s1. The summed E-state index contributed by atoms with van der Waals surface area (Å²) in [5.41, 5.74) is 10.9. The van der Waals surface area contributed by atoms with Crippen LogP contribution in [0.1, 0.15) is 44.9 Å². The Hall–Kier alpha value is -3.66. The van der Waals surface area contributed by atoms with Gasteiger partial charge in [0.05, 0.1) is 13.1 Å². The number of amides is 6. The smallest absolute Gasteiger partial charge is 0.320 e. The average molecular weight is 722 g/mol. The van der Waals surface area contributed by atoms with Crippen LogP contribution in [-0.4, -0.2) is 133 Å². The molecule has 0 saturated carbocycles. The molecule has 0 spiro atoms. The SMILES string of the molecule is N[C@@H](CCC(=O)N[C@H]1CSSC[C@H](NC(=O)CC[C@H](N)C(=O)O)C(=O)NCC(=O)NCCCNCCCCNC(=O)CNC1=O)C(=O)O. The fourth-order valence-corrected chi connectivity index (χ4v) is 6.15. The summed E-state index contributed by atoms with van der Waals surface area (Å²) in [7, 11) is 2.12. The van der Waals surface area contributed by atoms with E-state index < -0.39 is 71.5 Å². The normalized spacial score (nSPS) is 21.5. The van der Waals surface area contributed by atoms with Crippen molar-refractivity contribution in [3.05, 3.63) is 0 Å². The molecular weight excluding hydrogens is 674 g/mol. The molecule has 1 rings (SSSR count). The van der Waals surface area contributed by atoms with E-state index in [1.54, 1.807) is 0 Å². The lowest BCUT2D eigenvalue weighted by Gasteiger charge is -2.20. The number of carboxylic acid groups (broad SMARTS) is 2. The van der Waals surface area contributed by atoms with Gasteiger partial charge in [0.2, 0.25) is 35.4 Å². The number of carbonyl (C=O) groups excluding carboxylic acids is 6. The molecule has 1 aliphatic heterocycles. The minimum atomic E-state index is -1.29. The van der Waals surface area contributed by atoms with Crippen LogP contribution in [0.3, 0.4) is 0 Å². The third-order valence-corrected chi connectivity index (χ3v) is 9.08. The van der Waals surface area contributed by atoms with Crippen LogP contribution >= 0.6 is 21.6 Å². The van der Waals surface area contributed by atoms with Crippen molar-refractivity contribution >= 4 is 69.0 Å². The van der Waals surface area contributed by atoms with Gasteiger partial charge in [-0.15, -0.1) is 0 Å². The molecule has 0 aromatic rings. The summed E-state index contributed by atoms with van der Waals surface area (Å²) in [6.45, 7) is 1.36. The molecule has 48 heavy (non-hydrogen) atoms. The Labute approximate surface area is 285 Å². The van der Waals surface area contributed by atoms with Gasteiger partial charge in [0.1, 0.15) is 24.2 Å². The van der Waals surface area contributed by atoms with Crippen LogP contribution in [0.5, 0.6) is 0 Å². The second kappa shape index (κ2) is 24.5. The van der Waals surface area contributed by atoms with E-state index in [1.807, 2.05) is 0 Å². The number of aliphatic carboxylic acids is 2. The molecule has 1 saturated heterocycles. The summed E-state index contributed by atoms with van der Waals surface area (Å²) >= 11 is 0. The first-order valence-electron chi connectivity index (χ1n) is 15.4. The number of carbonyl (C=O) groups is 8. The van der Waals surface area contributed by atoms with E-state index in [4.69, 9.17) is 21.7 Å². The van der Waals surface area contributed by atoms with E-state index in [0.29, 0.717) is 39.0 Å². The van der Waals surface area contributed by atoms with E-state index in [2.05, 4.69) is 37.2 Å². The molecule has 1 aliphatic rings. The summed E-state index contributed by atoms with van der Waals surface area (Å²) in [4.78, 5) is 97.4. The fourth-order valence-electron chi connectivity index (χ4n) is 3.83. The third-order valence-electron chi connectivity index (χ3n) is 6.66. The van der Waals surface area contributed by atoms with Crippen molar-refractivity contribution in [3.63, 3.8) is 0 Å². The second-order valence-electron chi connectivity index (χ2n) is 10.7. The Balaban J connectivity index is 2.98. The molecule has 0 aromatic carbocycles. The summed E-state index contributed by atoms with van der Waals surface area (Å²) < 4.78 is 0. The number of carboxylic acids is 2. The van der Waals surface area contributed by atoms with Gasteiger partial charge in [-0.3, -0.25) is 38.4 Å². The zero-order chi connectivity index (χ0) is 35.9. The van der Waals surface area contributed by atoms with Gasteiger partial charge in [0.25, 0.3) is 0 Å². The van der Waals surface area contributed by atoms with Crippen LogP contribution in [0.4, 0.5) is 0 Å². The highest BCUT2D eigenvalue weighted by atomic mass is 33.1. The molecule has 1 heterocycles. The average Bonchev–Trinajstić information content (AvgIpc) is 3.04. The maximum atomic E-state index is 13.0. The van der Waals surface area contributed by atoms with Gasteiger partial charge in [-0.05, 0) is 45.2 Å². The molecule has 13 N–H and O–H groups in total. The van der Waals surface area contributed by atoms with Crippen molar-refractivity contribution in [3.8, 4) is 0 Å². The molecule has 0 radical (unpaired) electrons. The van der Waals surface area contributed by atoms with Crippen LogP contribution in [-0.2, 0) is 38.4 Å². The van der Waals surface area contributed by atoms with Crippen LogP contribution in [0.2, 0.25) is 0 Å². The Kier molecular flexibility index (Phi) is 21.6. The molecule has 0 bridgehead atoms. The Morgan fingerprint density at radius 1 is 0.667 bits per heavy atom. The number of nitrogens with two attached hydrogens (primary N) is 2. The highest BCUT2D eigenvalue weighted by Crippen LogP contribution is 2.23. The van der Waals surface area contributed by atoms with Gasteiger partial charge in [-0.1, -0.05) is 21.6 Å². The minimum Gasteiger partial charge on any atom is -0.480 e. The summed E-state index contributed by atoms with van der Waals surface area (Å²) in [5.74, 6) is -6.23. The summed E-state index contributed by atoms with van der Waals surface area (Å²) in [6.07, 6.45) is 1.17. The van der Waals surface area contributed by atoms with Gasteiger partial charge in [0.15, 0.2) is 0 Å². The lowest BCUT2D eigenvalue weighted by molar-refractivity contribution is -0.140. The highest BCUT2D eigenvalue weighted by Gasteiger charge is 2.25. The molecular formula is C27H47N9O10S2. The number of hydrogen-bond acceptors (Lipinski definition) is 13. The summed E-state index contributed by atoms with van der Waals surface area (Å²) in [6, 6.07) is -4.89. The van der Waals surface area contributed by atoms with E-state index >= 15 is 0 Å². The highest BCUT2D eigenvalue weighted by molar-refractivity contribution is 8.76. The van der Waals surface area contributed by atoms with Crippen LogP contribution in [0.15, 0.2) is 0 Å². The first-order chi connectivity index (χ1) is 22.8. The lowest BCUT2D eigenvalue weighted by Crippen LogP contribution is -2.51. The Morgan fingerprint density at radius 2 is 1.06 bits per heavy atom. The Morgan fingerprint density at radius 3 is 1.50 bits per heavy atom. The number of rotatable bonds is 10. The third kappa shape index (κ3) is 19.9. The van der Waals surface area contributed by atoms with Gasteiger partial charge >= 0.3 is 11.9 Å². The Bertz CT molecular complexity index is 1030. The van der Waals surface area contributed by atoms with Crippen molar-refractivity contribution in [1.82, 2.24) is 37.2 Å². The second-order valence-corrected chi connectivity index (χ2v) is 13.3. The van der Waals surface area contributed by atoms with Crippen molar-refractivity contribution in [2.24, 2.45) is 11.5 Å². The maximum absolute atomic E-state index is 13.0. The van der Waals surface area contributed by atoms with Crippen LogP contribution < -0.4 is 48.7 Å². The monoisotopic (exact) mass is 721 g/mol. The van der Waals surface area contributed by atoms with Gasteiger partial charge in [0, 0.05) is 37.4 Å². The molecule has 4 atom stereocenters. The number of nitrogens with one attached hydrogen (secondary N) is 7. The van der Waals surface area contributed by atoms with E-state index in [-0.39, 0.29) is 50.3 Å². The molecule has 0 aromatic heterocycles. The molecule has 0 unspecified atom stereocenters. The quantitative estimate of drug-likeness (QED) is 0.0957. The molecule has 19 nitrogen and oxygen atoms in total. The number of hydrogen-bond donors (Lipinski definition) is 11. The van der Waals surface area contributed by atoms with E-state index in [9.17, 15) is 38.4 Å². The first kappa shape index (κ1) is 42.4. The van der Waals surface area contributed by atoms with E-state index in [0.717, 1.165) is 28.0 Å². The van der Waals surface area contributed by atoms with Crippen molar-refractivity contribution in [1.29, 1.82) is 0 Å². The largest absolute Gasteiger partial charge is 0.480 e. The predicted molar refractivity (Wildman–Crippen MR) is 177 cm³/mol.